The van der Waals surface area contributed by atoms with Gasteiger partial charge in [0, 0.05) is 7.05 Å². The summed E-state index contributed by atoms with van der Waals surface area (Å²) in [6, 6.07) is -0.734. The van der Waals surface area contributed by atoms with Gasteiger partial charge in [-0.3, -0.25) is 14.5 Å². The van der Waals surface area contributed by atoms with Crippen molar-refractivity contribution in [3.8, 4) is 0 Å². The van der Waals surface area contributed by atoms with E-state index in [1.54, 1.807) is 0 Å². The molecule has 1 aliphatic carbocycles. The Balaban J connectivity index is 1.88. The number of amides is 4. The third-order valence-electron chi connectivity index (χ3n) is 3.86. The Kier molecular flexibility index (Phi) is 4.59. The summed E-state index contributed by atoms with van der Waals surface area (Å²) in [5.41, 5.74) is 0. The highest BCUT2D eigenvalue weighted by atomic mass is 16.3. The number of nitrogens with one attached hydrogen (secondary N) is 1. The molecule has 1 heterocycles. The fourth-order valence-electron chi connectivity index (χ4n) is 2.68. The van der Waals surface area contributed by atoms with Crippen LogP contribution in [0.5, 0.6) is 0 Å². The summed E-state index contributed by atoms with van der Waals surface area (Å²) in [5.74, 6) is -0.762. The molecule has 1 saturated heterocycles. The maximum Gasteiger partial charge on any atom is 0.327 e. The summed E-state index contributed by atoms with van der Waals surface area (Å²) in [5, 5.41) is 12.7. The van der Waals surface area contributed by atoms with Gasteiger partial charge in [-0.2, -0.15) is 0 Å². The number of hydrogen-bond donors (Lipinski definition) is 2. The van der Waals surface area contributed by atoms with Crippen molar-refractivity contribution in [2.75, 3.05) is 20.1 Å². The van der Waals surface area contributed by atoms with E-state index in [1.807, 2.05) is 0 Å². The van der Waals surface area contributed by atoms with E-state index in [-0.39, 0.29) is 25.0 Å². The number of nitrogens with zero attached hydrogens (tertiary/aromatic N) is 2. The molecule has 2 atom stereocenters. The largest absolute Gasteiger partial charge is 0.391 e. The minimum absolute atomic E-state index is 0.0121. The van der Waals surface area contributed by atoms with Crippen molar-refractivity contribution in [1.82, 2.24) is 15.1 Å². The number of hydrogen-bond acceptors (Lipinski definition) is 4. The Bertz CT molecular complexity index is 412. The highest BCUT2D eigenvalue weighted by Gasteiger charge is 2.35. The number of carbonyl (C=O) groups is 3. The van der Waals surface area contributed by atoms with Crippen LogP contribution >= 0.6 is 0 Å². The smallest absolute Gasteiger partial charge is 0.327 e. The second kappa shape index (κ2) is 6.21. The third-order valence-corrected chi connectivity index (χ3v) is 3.86. The highest BCUT2D eigenvalue weighted by molar-refractivity contribution is 6.04. The first-order valence-electron chi connectivity index (χ1n) is 7.02. The summed E-state index contributed by atoms with van der Waals surface area (Å²) < 4.78 is 0. The Hall–Kier alpha value is -1.63. The minimum atomic E-state index is -0.547. The molecule has 20 heavy (non-hydrogen) atoms. The molecule has 1 saturated carbocycles. The zero-order valence-corrected chi connectivity index (χ0v) is 11.7. The molecular weight excluding hydrogens is 262 g/mol. The maximum atomic E-state index is 11.9. The Morgan fingerprint density at radius 1 is 1.30 bits per heavy atom. The van der Waals surface area contributed by atoms with Crippen LogP contribution in [0.25, 0.3) is 0 Å². The van der Waals surface area contributed by atoms with Crippen LogP contribution in [0.3, 0.4) is 0 Å². The molecule has 4 amide bonds. The van der Waals surface area contributed by atoms with E-state index >= 15 is 0 Å². The summed E-state index contributed by atoms with van der Waals surface area (Å²) in [6.45, 7) is -0.261. The van der Waals surface area contributed by atoms with E-state index in [1.165, 1.54) is 11.9 Å². The van der Waals surface area contributed by atoms with Crippen LogP contribution in [0.2, 0.25) is 0 Å². The molecular formula is C13H21N3O4. The minimum Gasteiger partial charge on any atom is -0.391 e. The molecule has 7 nitrogen and oxygen atoms in total. The lowest BCUT2D eigenvalue weighted by Crippen LogP contribution is -2.48. The van der Waals surface area contributed by atoms with Gasteiger partial charge in [-0.15, -0.1) is 0 Å². The molecule has 2 fully saturated rings. The van der Waals surface area contributed by atoms with Crippen LogP contribution < -0.4 is 5.32 Å². The van der Waals surface area contributed by atoms with E-state index in [9.17, 15) is 19.5 Å². The van der Waals surface area contributed by atoms with Crippen molar-refractivity contribution in [2.45, 2.75) is 44.2 Å². The van der Waals surface area contributed by atoms with Crippen LogP contribution in [0.15, 0.2) is 0 Å². The number of likely N-dealkylation sites (N-methyl/N-ethyl adjacent to an activating group) is 1. The van der Waals surface area contributed by atoms with E-state index in [2.05, 4.69) is 5.32 Å². The lowest BCUT2D eigenvalue weighted by molar-refractivity contribution is -0.131. The van der Waals surface area contributed by atoms with E-state index < -0.39 is 18.0 Å². The predicted octanol–water partition coefficient (Wildman–Crippen LogP) is -0.310. The van der Waals surface area contributed by atoms with Gasteiger partial charge < -0.3 is 15.3 Å². The molecule has 7 heteroatoms. The van der Waals surface area contributed by atoms with Crippen LogP contribution in [0.4, 0.5) is 4.79 Å². The number of imide groups is 1. The van der Waals surface area contributed by atoms with Crippen molar-refractivity contribution >= 4 is 17.8 Å². The monoisotopic (exact) mass is 283 g/mol. The quantitative estimate of drug-likeness (QED) is 0.549. The van der Waals surface area contributed by atoms with Crippen LogP contribution in [-0.4, -0.2) is 65.0 Å². The number of carbonyl (C=O) groups excluding carboxylic acids is 3. The van der Waals surface area contributed by atoms with Crippen molar-refractivity contribution < 1.29 is 19.5 Å². The van der Waals surface area contributed by atoms with Crippen molar-refractivity contribution in [1.29, 1.82) is 0 Å². The van der Waals surface area contributed by atoms with E-state index in [4.69, 9.17) is 0 Å². The first-order valence-corrected chi connectivity index (χ1v) is 7.02. The van der Waals surface area contributed by atoms with Crippen molar-refractivity contribution in [2.24, 2.45) is 0 Å². The van der Waals surface area contributed by atoms with Gasteiger partial charge in [-0.25, -0.2) is 4.79 Å². The van der Waals surface area contributed by atoms with Gasteiger partial charge in [-0.05, 0) is 12.8 Å². The lowest BCUT2D eigenvalue weighted by Gasteiger charge is -2.23. The number of urea groups is 1. The molecule has 112 valence electrons. The van der Waals surface area contributed by atoms with Gasteiger partial charge in [0.2, 0.25) is 5.91 Å². The first kappa shape index (κ1) is 14.8. The molecule has 2 aliphatic rings. The second-order valence-corrected chi connectivity index (χ2v) is 5.50. The Morgan fingerprint density at radius 2 is 2.00 bits per heavy atom. The van der Waals surface area contributed by atoms with Gasteiger partial charge in [0.1, 0.15) is 13.1 Å². The van der Waals surface area contributed by atoms with Crippen LogP contribution in [-0.2, 0) is 9.59 Å². The molecule has 0 radical (unpaired) electrons. The van der Waals surface area contributed by atoms with Gasteiger partial charge >= 0.3 is 6.03 Å². The predicted molar refractivity (Wildman–Crippen MR) is 70.8 cm³/mol. The van der Waals surface area contributed by atoms with E-state index in [0.717, 1.165) is 30.6 Å². The second-order valence-electron chi connectivity index (χ2n) is 5.50. The summed E-state index contributed by atoms with van der Waals surface area (Å²) in [6.07, 6.45) is 3.84. The molecule has 0 spiro atoms. The molecule has 0 aromatic carbocycles. The summed E-state index contributed by atoms with van der Waals surface area (Å²) in [7, 11) is 1.52. The Labute approximate surface area is 117 Å². The van der Waals surface area contributed by atoms with Crippen LogP contribution in [0.1, 0.15) is 32.1 Å². The van der Waals surface area contributed by atoms with Gasteiger partial charge in [0.25, 0.3) is 5.91 Å². The fourth-order valence-corrected chi connectivity index (χ4v) is 2.68. The molecule has 0 bridgehead atoms. The molecule has 2 N–H and O–H groups in total. The third kappa shape index (κ3) is 3.27. The molecule has 2 rings (SSSR count). The number of aliphatic hydroxyl groups is 1. The van der Waals surface area contributed by atoms with Gasteiger partial charge in [0.15, 0.2) is 0 Å². The number of aliphatic hydroxyl groups excluding tert-OH is 1. The zero-order chi connectivity index (χ0) is 14.7. The molecule has 1 aliphatic heterocycles. The highest BCUT2D eigenvalue weighted by Crippen LogP contribution is 2.18. The summed E-state index contributed by atoms with van der Waals surface area (Å²) >= 11 is 0. The fraction of sp³-hybridized carbons (Fsp3) is 0.769. The van der Waals surface area contributed by atoms with Crippen molar-refractivity contribution in [3.63, 3.8) is 0 Å². The topological polar surface area (TPSA) is 90.0 Å². The zero-order valence-electron chi connectivity index (χ0n) is 11.7. The Morgan fingerprint density at radius 3 is 2.65 bits per heavy atom. The van der Waals surface area contributed by atoms with Crippen molar-refractivity contribution in [3.05, 3.63) is 0 Å². The molecule has 0 aromatic rings. The molecule has 2 unspecified atom stereocenters. The van der Waals surface area contributed by atoms with Gasteiger partial charge in [-0.1, -0.05) is 19.3 Å². The number of rotatable bonds is 3. The van der Waals surface area contributed by atoms with Gasteiger partial charge in [0.05, 0.1) is 12.1 Å². The average molecular weight is 283 g/mol. The lowest BCUT2D eigenvalue weighted by atomic mass is 10.1. The van der Waals surface area contributed by atoms with Crippen LogP contribution in [0, 0.1) is 0 Å². The maximum absolute atomic E-state index is 11.9. The molecule has 0 aromatic heterocycles. The summed E-state index contributed by atoms with van der Waals surface area (Å²) in [4.78, 5) is 37.4. The first-order chi connectivity index (χ1) is 9.49. The standard InChI is InChI=1S/C13H21N3O4/c1-15-8-12(19)16(13(15)20)7-11(18)14-9-5-3-2-4-6-10(9)17/h9-10,17H,2-8H2,1H3,(H,14,18). The van der Waals surface area contributed by atoms with E-state index in [0.29, 0.717) is 6.42 Å². The normalized spacial score (nSPS) is 27.7. The SMILES string of the molecule is CN1CC(=O)N(CC(=O)NC2CCCCCC2O)C1=O. The average Bonchev–Trinajstić information content (AvgIpc) is 2.57.